The molecular formula is C22H23N3O2. The lowest BCUT2D eigenvalue weighted by Gasteiger charge is -2.21. The SMILES string of the molecule is CCN(CC)c1ccc(NC(=O)C(=O)Nc2cccc3ccccc23)cc1. The molecular weight excluding hydrogens is 338 g/mol. The Bertz CT molecular complexity index is 942. The van der Waals surface area contributed by atoms with Crippen LogP contribution < -0.4 is 15.5 Å². The van der Waals surface area contributed by atoms with Crippen LogP contribution in [0.2, 0.25) is 0 Å². The number of amides is 2. The van der Waals surface area contributed by atoms with E-state index in [1.54, 1.807) is 18.2 Å². The molecule has 0 heterocycles. The predicted octanol–water partition coefficient (Wildman–Crippen LogP) is 4.26. The van der Waals surface area contributed by atoms with Gasteiger partial charge in [0.1, 0.15) is 0 Å². The van der Waals surface area contributed by atoms with Gasteiger partial charge in [-0.05, 0) is 49.6 Å². The molecule has 0 fully saturated rings. The summed E-state index contributed by atoms with van der Waals surface area (Å²) in [6.07, 6.45) is 0. The number of nitrogens with one attached hydrogen (secondary N) is 2. The minimum absolute atomic E-state index is 0.587. The van der Waals surface area contributed by atoms with Gasteiger partial charge in [-0.2, -0.15) is 0 Å². The Kier molecular flexibility index (Phi) is 5.71. The molecule has 0 aromatic heterocycles. The summed E-state index contributed by atoms with van der Waals surface area (Å²) in [5.74, 6) is -1.39. The van der Waals surface area contributed by atoms with Crippen LogP contribution in [0.15, 0.2) is 66.7 Å². The Hall–Kier alpha value is -3.34. The smallest absolute Gasteiger partial charge is 0.314 e. The average Bonchev–Trinajstić information content (AvgIpc) is 2.70. The van der Waals surface area contributed by atoms with Crippen molar-refractivity contribution in [2.24, 2.45) is 0 Å². The molecule has 0 aliphatic carbocycles. The minimum atomic E-state index is -0.696. The first-order valence-electron chi connectivity index (χ1n) is 9.07. The van der Waals surface area contributed by atoms with Crippen LogP contribution >= 0.6 is 0 Å². The van der Waals surface area contributed by atoms with Crippen molar-refractivity contribution in [3.8, 4) is 0 Å². The summed E-state index contributed by atoms with van der Waals surface area (Å²) < 4.78 is 0. The van der Waals surface area contributed by atoms with Gasteiger partial charge in [0.2, 0.25) is 0 Å². The summed E-state index contributed by atoms with van der Waals surface area (Å²) in [7, 11) is 0. The highest BCUT2D eigenvalue weighted by atomic mass is 16.2. The monoisotopic (exact) mass is 361 g/mol. The molecule has 2 N–H and O–H groups in total. The third-order valence-corrected chi connectivity index (χ3v) is 4.50. The number of hydrogen-bond donors (Lipinski definition) is 2. The van der Waals surface area contributed by atoms with Crippen LogP contribution in [0.1, 0.15) is 13.8 Å². The normalized spacial score (nSPS) is 10.4. The molecule has 138 valence electrons. The van der Waals surface area contributed by atoms with Crippen molar-refractivity contribution in [3.05, 3.63) is 66.7 Å². The van der Waals surface area contributed by atoms with Crippen LogP contribution in [0.3, 0.4) is 0 Å². The van der Waals surface area contributed by atoms with Crippen molar-refractivity contribution in [1.29, 1.82) is 0 Å². The van der Waals surface area contributed by atoms with Crippen LogP contribution in [0.4, 0.5) is 17.1 Å². The van der Waals surface area contributed by atoms with Crippen molar-refractivity contribution in [1.82, 2.24) is 0 Å². The Morgan fingerprint density at radius 2 is 1.41 bits per heavy atom. The molecule has 3 aromatic carbocycles. The summed E-state index contributed by atoms with van der Waals surface area (Å²) in [6.45, 7) is 6.01. The van der Waals surface area contributed by atoms with E-state index >= 15 is 0 Å². The van der Waals surface area contributed by atoms with Crippen molar-refractivity contribution >= 4 is 39.6 Å². The first-order valence-corrected chi connectivity index (χ1v) is 9.07. The average molecular weight is 361 g/mol. The fourth-order valence-corrected chi connectivity index (χ4v) is 3.05. The summed E-state index contributed by atoms with van der Waals surface area (Å²) >= 11 is 0. The van der Waals surface area contributed by atoms with Gasteiger partial charge in [-0.25, -0.2) is 0 Å². The first kappa shape index (κ1) is 18.5. The molecule has 0 atom stereocenters. The molecule has 0 radical (unpaired) electrons. The lowest BCUT2D eigenvalue weighted by Crippen LogP contribution is -2.29. The maximum absolute atomic E-state index is 12.3. The molecule has 3 rings (SSSR count). The number of carbonyl (C=O) groups excluding carboxylic acids is 2. The maximum atomic E-state index is 12.3. The van der Waals surface area contributed by atoms with Crippen molar-refractivity contribution in [2.45, 2.75) is 13.8 Å². The molecule has 0 spiro atoms. The van der Waals surface area contributed by atoms with Gasteiger partial charge in [-0.3, -0.25) is 9.59 Å². The van der Waals surface area contributed by atoms with Gasteiger partial charge in [0, 0.05) is 35.5 Å². The van der Waals surface area contributed by atoms with Gasteiger partial charge < -0.3 is 15.5 Å². The molecule has 3 aromatic rings. The summed E-state index contributed by atoms with van der Waals surface area (Å²) in [5, 5.41) is 7.23. The molecule has 0 unspecified atom stereocenters. The third-order valence-electron chi connectivity index (χ3n) is 4.50. The van der Waals surface area contributed by atoms with E-state index in [9.17, 15) is 9.59 Å². The largest absolute Gasteiger partial charge is 0.372 e. The fourth-order valence-electron chi connectivity index (χ4n) is 3.05. The number of hydrogen-bond acceptors (Lipinski definition) is 3. The van der Waals surface area contributed by atoms with E-state index in [0.29, 0.717) is 11.4 Å². The molecule has 0 aliphatic rings. The number of anilines is 3. The highest BCUT2D eigenvalue weighted by Gasteiger charge is 2.15. The van der Waals surface area contributed by atoms with Crippen molar-refractivity contribution in [3.63, 3.8) is 0 Å². The standard InChI is InChI=1S/C22H23N3O2/c1-3-25(4-2)18-14-12-17(13-15-18)23-21(26)22(27)24-20-11-7-9-16-8-5-6-10-19(16)20/h5-15H,3-4H2,1-2H3,(H,23,26)(H,24,27). The van der Waals surface area contributed by atoms with E-state index in [1.807, 2.05) is 48.5 Å². The molecule has 0 aliphatic heterocycles. The van der Waals surface area contributed by atoms with E-state index in [0.717, 1.165) is 29.5 Å². The van der Waals surface area contributed by atoms with Gasteiger partial charge in [0.05, 0.1) is 0 Å². The summed E-state index contributed by atoms with van der Waals surface area (Å²) in [6, 6.07) is 20.8. The molecule has 0 saturated heterocycles. The van der Waals surface area contributed by atoms with Crippen LogP contribution in [-0.4, -0.2) is 24.9 Å². The maximum Gasteiger partial charge on any atom is 0.314 e. The van der Waals surface area contributed by atoms with Gasteiger partial charge in [0.25, 0.3) is 0 Å². The summed E-state index contributed by atoms with van der Waals surface area (Å²) in [4.78, 5) is 26.8. The van der Waals surface area contributed by atoms with Gasteiger partial charge in [-0.1, -0.05) is 36.4 Å². The number of rotatable bonds is 5. The molecule has 27 heavy (non-hydrogen) atoms. The van der Waals surface area contributed by atoms with Crippen molar-refractivity contribution in [2.75, 3.05) is 28.6 Å². The zero-order valence-electron chi connectivity index (χ0n) is 15.5. The predicted molar refractivity (Wildman–Crippen MR) is 111 cm³/mol. The Morgan fingerprint density at radius 3 is 2.11 bits per heavy atom. The lowest BCUT2D eigenvalue weighted by atomic mass is 10.1. The van der Waals surface area contributed by atoms with E-state index in [1.165, 1.54) is 0 Å². The summed E-state index contributed by atoms with van der Waals surface area (Å²) in [5.41, 5.74) is 2.28. The van der Waals surface area contributed by atoms with E-state index in [4.69, 9.17) is 0 Å². The second-order valence-corrected chi connectivity index (χ2v) is 6.15. The fraction of sp³-hybridized carbons (Fsp3) is 0.182. The topological polar surface area (TPSA) is 61.4 Å². The lowest BCUT2D eigenvalue weighted by molar-refractivity contribution is -0.132. The molecule has 0 saturated carbocycles. The van der Waals surface area contributed by atoms with Gasteiger partial charge >= 0.3 is 11.8 Å². The van der Waals surface area contributed by atoms with E-state index in [2.05, 4.69) is 29.4 Å². The number of carbonyl (C=O) groups is 2. The minimum Gasteiger partial charge on any atom is -0.372 e. The van der Waals surface area contributed by atoms with E-state index in [-0.39, 0.29) is 0 Å². The van der Waals surface area contributed by atoms with Crippen LogP contribution in [0.5, 0.6) is 0 Å². The highest BCUT2D eigenvalue weighted by molar-refractivity contribution is 6.44. The molecule has 2 amide bonds. The Balaban J connectivity index is 1.68. The van der Waals surface area contributed by atoms with Crippen LogP contribution in [0.25, 0.3) is 10.8 Å². The highest BCUT2D eigenvalue weighted by Crippen LogP contribution is 2.23. The van der Waals surface area contributed by atoms with Gasteiger partial charge in [-0.15, -0.1) is 0 Å². The number of benzene rings is 3. The Labute approximate surface area is 159 Å². The molecule has 0 bridgehead atoms. The second kappa shape index (κ2) is 8.36. The third kappa shape index (κ3) is 4.26. The first-order chi connectivity index (χ1) is 13.1. The Morgan fingerprint density at radius 1 is 0.778 bits per heavy atom. The van der Waals surface area contributed by atoms with Crippen LogP contribution in [-0.2, 0) is 9.59 Å². The number of fused-ring (bicyclic) bond motifs is 1. The second-order valence-electron chi connectivity index (χ2n) is 6.15. The quantitative estimate of drug-likeness (QED) is 0.668. The molecule has 5 nitrogen and oxygen atoms in total. The van der Waals surface area contributed by atoms with Gasteiger partial charge in [0.15, 0.2) is 0 Å². The zero-order chi connectivity index (χ0) is 19.2. The molecule has 5 heteroatoms. The number of nitrogens with zero attached hydrogens (tertiary/aromatic N) is 1. The van der Waals surface area contributed by atoms with Crippen molar-refractivity contribution < 1.29 is 9.59 Å². The van der Waals surface area contributed by atoms with Crippen LogP contribution in [0, 0.1) is 0 Å². The zero-order valence-corrected chi connectivity index (χ0v) is 15.5. The van der Waals surface area contributed by atoms with E-state index < -0.39 is 11.8 Å².